The molecule has 0 fully saturated rings. The lowest BCUT2D eigenvalue weighted by Crippen LogP contribution is -2.13. The standard InChI is InChI=1S/C15H14N2O/c16-10-12-6-4-11(5-7-12)8-15(17)13-2-1-3-14(18)9-13/h1-7,9,15,18H,8,17H2. The summed E-state index contributed by atoms with van der Waals surface area (Å²) in [6.45, 7) is 0. The first-order chi connectivity index (χ1) is 8.69. The van der Waals surface area contributed by atoms with Gasteiger partial charge in [-0.25, -0.2) is 0 Å². The second-order valence-corrected chi connectivity index (χ2v) is 4.21. The number of nitriles is 1. The zero-order valence-corrected chi connectivity index (χ0v) is 9.88. The van der Waals surface area contributed by atoms with Crippen LogP contribution in [-0.4, -0.2) is 5.11 Å². The number of benzene rings is 2. The lowest BCUT2D eigenvalue weighted by molar-refractivity contribution is 0.473. The molecular weight excluding hydrogens is 224 g/mol. The second-order valence-electron chi connectivity index (χ2n) is 4.21. The van der Waals surface area contributed by atoms with E-state index in [0.29, 0.717) is 12.0 Å². The number of nitrogens with zero attached hydrogens (tertiary/aromatic N) is 1. The molecule has 0 aromatic heterocycles. The van der Waals surface area contributed by atoms with Gasteiger partial charge in [0, 0.05) is 6.04 Å². The van der Waals surface area contributed by atoms with E-state index in [1.807, 2.05) is 18.2 Å². The summed E-state index contributed by atoms with van der Waals surface area (Å²) < 4.78 is 0. The maximum Gasteiger partial charge on any atom is 0.115 e. The highest BCUT2D eigenvalue weighted by atomic mass is 16.3. The van der Waals surface area contributed by atoms with Crippen LogP contribution in [0.1, 0.15) is 22.7 Å². The summed E-state index contributed by atoms with van der Waals surface area (Å²) in [7, 11) is 0. The van der Waals surface area contributed by atoms with E-state index in [2.05, 4.69) is 6.07 Å². The summed E-state index contributed by atoms with van der Waals surface area (Å²) in [4.78, 5) is 0. The number of aromatic hydroxyl groups is 1. The quantitative estimate of drug-likeness (QED) is 0.863. The van der Waals surface area contributed by atoms with Crippen LogP contribution in [0.5, 0.6) is 5.75 Å². The van der Waals surface area contributed by atoms with Gasteiger partial charge in [0.1, 0.15) is 5.75 Å². The molecule has 3 nitrogen and oxygen atoms in total. The highest BCUT2D eigenvalue weighted by Crippen LogP contribution is 2.20. The van der Waals surface area contributed by atoms with Gasteiger partial charge in [0.05, 0.1) is 11.6 Å². The zero-order chi connectivity index (χ0) is 13.0. The lowest BCUT2D eigenvalue weighted by atomic mass is 9.99. The maximum absolute atomic E-state index is 9.40. The SMILES string of the molecule is N#Cc1ccc(CC(N)c2cccc(O)c2)cc1. The molecule has 3 heteroatoms. The Morgan fingerprint density at radius 2 is 1.89 bits per heavy atom. The molecule has 0 aliphatic carbocycles. The molecule has 2 aromatic carbocycles. The molecule has 0 aliphatic heterocycles. The molecule has 0 aliphatic rings. The van der Waals surface area contributed by atoms with Gasteiger partial charge in [-0.15, -0.1) is 0 Å². The molecule has 1 atom stereocenters. The first-order valence-electron chi connectivity index (χ1n) is 5.72. The normalized spacial score (nSPS) is 11.8. The minimum atomic E-state index is -0.162. The third-order valence-corrected chi connectivity index (χ3v) is 2.84. The van der Waals surface area contributed by atoms with Crippen molar-refractivity contribution < 1.29 is 5.11 Å². The van der Waals surface area contributed by atoms with Gasteiger partial charge in [-0.05, 0) is 41.8 Å². The lowest BCUT2D eigenvalue weighted by Gasteiger charge is -2.12. The van der Waals surface area contributed by atoms with Crippen LogP contribution in [0.4, 0.5) is 0 Å². The number of hydrogen-bond acceptors (Lipinski definition) is 3. The molecule has 2 aromatic rings. The van der Waals surface area contributed by atoms with Crippen LogP contribution >= 0.6 is 0 Å². The Morgan fingerprint density at radius 1 is 1.17 bits per heavy atom. The van der Waals surface area contributed by atoms with Crippen molar-refractivity contribution >= 4 is 0 Å². The van der Waals surface area contributed by atoms with E-state index in [4.69, 9.17) is 11.0 Å². The summed E-state index contributed by atoms with van der Waals surface area (Å²) in [5.74, 6) is 0.225. The summed E-state index contributed by atoms with van der Waals surface area (Å²) >= 11 is 0. The summed E-state index contributed by atoms with van der Waals surface area (Å²) in [5, 5.41) is 18.1. The van der Waals surface area contributed by atoms with Gasteiger partial charge in [0.15, 0.2) is 0 Å². The highest BCUT2D eigenvalue weighted by molar-refractivity contribution is 5.34. The smallest absolute Gasteiger partial charge is 0.115 e. The Balaban J connectivity index is 2.11. The molecule has 0 spiro atoms. The topological polar surface area (TPSA) is 70.0 Å². The third-order valence-electron chi connectivity index (χ3n) is 2.84. The third kappa shape index (κ3) is 2.88. The Labute approximate surface area is 106 Å². The summed E-state index contributed by atoms with van der Waals surface area (Å²) in [6.07, 6.45) is 0.676. The van der Waals surface area contributed by atoms with Crippen LogP contribution in [0.2, 0.25) is 0 Å². The molecule has 0 bridgehead atoms. The van der Waals surface area contributed by atoms with Crippen LogP contribution in [0.25, 0.3) is 0 Å². The van der Waals surface area contributed by atoms with E-state index >= 15 is 0 Å². The first-order valence-corrected chi connectivity index (χ1v) is 5.72. The minimum absolute atomic E-state index is 0.162. The van der Waals surface area contributed by atoms with Gasteiger partial charge in [-0.1, -0.05) is 24.3 Å². The van der Waals surface area contributed by atoms with Crippen molar-refractivity contribution in [2.75, 3.05) is 0 Å². The number of rotatable bonds is 3. The van der Waals surface area contributed by atoms with Gasteiger partial charge in [0.25, 0.3) is 0 Å². The molecule has 2 rings (SSSR count). The predicted molar refractivity (Wildman–Crippen MR) is 69.9 cm³/mol. The van der Waals surface area contributed by atoms with Crippen LogP contribution in [0, 0.1) is 11.3 Å². The van der Waals surface area contributed by atoms with Crippen molar-refractivity contribution in [3.8, 4) is 11.8 Å². The number of phenolic OH excluding ortho intramolecular Hbond substituents is 1. The van der Waals surface area contributed by atoms with Crippen molar-refractivity contribution in [2.24, 2.45) is 5.73 Å². The maximum atomic E-state index is 9.40. The van der Waals surface area contributed by atoms with Gasteiger partial charge in [-0.3, -0.25) is 0 Å². The molecule has 0 saturated carbocycles. The Hall–Kier alpha value is -2.31. The fraction of sp³-hybridized carbons (Fsp3) is 0.133. The van der Waals surface area contributed by atoms with Crippen LogP contribution < -0.4 is 5.73 Å². The minimum Gasteiger partial charge on any atom is -0.508 e. The van der Waals surface area contributed by atoms with Crippen LogP contribution in [0.15, 0.2) is 48.5 Å². The average Bonchev–Trinajstić information content (AvgIpc) is 2.39. The van der Waals surface area contributed by atoms with E-state index in [1.165, 1.54) is 0 Å². The van der Waals surface area contributed by atoms with Crippen molar-refractivity contribution in [1.82, 2.24) is 0 Å². The van der Waals surface area contributed by atoms with E-state index in [-0.39, 0.29) is 11.8 Å². The Kier molecular flexibility index (Phi) is 3.61. The molecule has 1 unspecified atom stereocenters. The predicted octanol–water partition coefficient (Wildman–Crippen LogP) is 2.51. The van der Waals surface area contributed by atoms with Crippen LogP contribution in [-0.2, 0) is 6.42 Å². The summed E-state index contributed by atoms with van der Waals surface area (Å²) in [6, 6.07) is 16.3. The van der Waals surface area contributed by atoms with E-state index in [1.54, 1.807) is 30.3 Å². The van der Waals surface area contributed by atoms with E-state index in [9.17, 15) is 5.11 Å². The molecule has 18 heavy (non-hydrogen) atoms. The average molecular weight is 238 g/mol. The molecule has 90 valence electrons. The van der Waals surface area contributed by atoms with Crippen molar-refractivity contribution in [3.05, 3.63) is 65.2 Å². The fourth-order valence-electron chi connectivity index (χ4n) is 1.84. The van der Waals surface area contributed by atoms with Crippen molar-refractivity contribution in [3.63, 3.8) is 0 Å². The molecule has 0 heterocycles. The Bertz CT molecular complexity index is 570. The second kappa shape index (κ2) is 5.35. The van der Waals surface area contributed by atoms with Gasteiger partial charge in [-0.2, -0.15) is 5.26 Å². The molecule has 0 amide bonds. The summed E-state index contributed by atoms with van der Waals surface area (Å²) in [5.41, 5.74) is 8.71. The number of phenols is 1. The molecule has 0 radical (unpaired) electrons. The Morgan fingerprint density at radius 3 is 2.50 bits per heavy atom. The van der Waals surface area contributed by atoms with Crippen molar-refractivity contribution in [2.45, 2.75) is 12.5 Å². The largest absolute Gasteiger partial charge is 0.508 e. The zero-order valence-electron chi connectivity index (χ0n) is 9.88. The monoisotopic (exact) mass is 238 g/mol. The van der Waals surface area contributed by atoms with Gasteiger partial charge < -0.3 is 10.8 Å². The fourth-order valence-corrected chi connectivity index (χ4v) is 1.84. The molecular formula is C15H14N2O. The molecule has 3 N–H and O–H groups in total. The number of hydrogen-bond donors (Lipinski definition) is 2. The van der Waals surface area contributed by atoms with Crippen molar-refractivity contribution in [1.29, 1.82) is 5.26 Å². The van der Waals surface area contributed by atoms with E-state index in [0.717, 1.165) is 11.1 Å². The molecule has 0 saturated heterocycles. The van der Waals surface area contributed by atoms with Gasteiger partial charge in [0.2, 0.25) is 0 Å². The van der Waals surface area contributed by atoms with E-state index < -0.39 is 0 Å². The van der Waals surface area contributed by atoms with Gasteiger partial charge >= 0.3 is 0 Å². The highest BCUT2D eigenvalue weighted by Gasteiger charge is 2.07. The van der Waals surface area contributed by atoms with Crippen LogP contribution in [0.3, 0.4) is 0 Å². The number of nitrogens with two attached hydrogens (primary N) is 1. The first kappa shape index (κ1) is 12.2.